The number of aryl methyl sites for hydroxylation is 3. The van der Waals surface area contributed by atoms with Gasteiger partial charge in [-0.25, -0.2) is 23.4 Å². The molecule has 0 aliphatic carbocycles. The predicted molar refractivity (Wildman–Crippen MR) is 289 cm³/mol. The van der Waals surface area contributed by atoms with E-state index in [4.69, 9.17) is 21.5 Å². The summed E-state index contributed by atoms with van der Waals surface area (Å²) in [6.07, 6.45) is 5.39. The van der Waals surface area contributed by atoms with Crippen molar-refractivity contribution in [2.24, 2.45) is 0 Å². The third-order valence-corrected chi connectivity index (χ3v) is 14.3. The van der Waals surface area contributed by atoms with Gasteiger partial charge >= 0.3 is 13.2 Å². The van der Waals surface area contributed by atoms with Crippen molar-refractivity contribution in [2.45, 2.75) is 130 Å². The van der Waals surface area contributed by atoms with Crippen molar-refractivity contribution in [2.75, 3.05) is 16.4 Å². The van der Waals surface area contributed by atoms with Gasteiger partial charge in [-0.05, 0) is 106 Å². The highest BCUT2D eigenvalue weighted by atomic mass is 79.9. The number of aromatic nitrogens is 3. The number of Topliss-reactive ketones (excluding diaryl/α,β-unsaturated/α-hetero) is 2. The van der Waals surface area contributed by atoms with Crippen LogP contribution in [0.5, 0.6) is 0 Å². The van der Waals surface area contributed by atoms with E-state index in [1.165, 1.54) is 28.8 Å². The number of ketones is 2. The van der Waals surface area contributed by atoms with Crippen molar-refractivity contribution in [3.05, 3.63) is 125 Å². The van der Waals surface area contributed by atoms with E-state index in [2.05, 4.69) is 52.6 Å². The van der Waals surface area contributed by atoms with Gasteiger partial charge in [-0.3, -0.25) is 19.2 Å². The Bertz CT molecular complexity index is 3160. The zero-order chi connectivity index (χ0) is 53.0. The van der Waals surface area contributed by atoms with Gasteiger partial charge in [0, 0.05) is 69.4 Å². The van der Waals surface area contributed by atoms with Crippen molar-refractivity contribution >= 4 is 99.7 Å². The monoisotopic (exact) mass is 1180 g/mol. The standard InChI is InChI=1S/C25H24BrFN2O4.C13H13NO5.C12H15BrFNO.CH4.H2P2S/c1-3-25(32)18-9-21-22-16(11-29(21)23(30)17(18)12-33-24(25)31)14(6-4-5-7-26)15-8-13(2)19(27)10-20(15)28-22;1-2-13(18)8-5-9-10(15)3-4-14(9)11(16)7(8)6-19-12(13)17;1-8-6-9(11(15)7-10(8)14)12(16)4-2-3-5-13;;1-2-3/h8-10,32H,3-7,11-12H2,1-2H3;5,18H,2-4,6H2,1H3;6-7H,2-5,15H2,1H3;1H4;1H2/p+1/t25-;13-;;;/m00.../s1/i/hT. The molecule has 0 radical (unpaired) electrons. The number of aliphatic hydroxyl groups is 2. The van der Waals surface area contributed by atoms with Crippen LogP contribution in [0.25, 0.3) is 22.3 Å². The second-order valence-corrected chi connectivity index (χ2v) is 21.8. The van der Waals surface area contributed by atoms with Gasteiger partial charge in [-0.1, -0.05) is 53.1 Å². The number of carbonyl (C=O) groups excluding carboxylic acids is 4. The summed E-state index contributed by atoms with van der Waals surface area (Å²) >= 11 is 11.1. The highest BCUT2D eigenvalue weighted by molar-refractivity contribution is 9.09. The third-order valence-electron chi connectivity index (χ3n) is 13.2. The molecule has 0 spiro atoms. The molecule has 2 unspecified atom stereocenters. The van der Waals surface area contributed by atoms with Crippen molar-refractivity contribution in [1.82, 2.24) is 14.1 Å². The molecule has 4 aliphatic heterocycles. The van der Waals surface area contributed by atoms with E-state index in [1.54, 1.807) is 38.3 Å². The molecule has 4 aliphatic rings. The number of hydrogen-bond donors (Lipinski definition) is 3. The first kappa shape index (κ1) is 56.8. The molecular weight excluding hydrogens is 1120 g/mol. The van der Waals surface area contributed by atoms with Crippen LogP contribution in [0.15, 0.2) is 46.0 Å². The number of anilines is 1. The number of fused-ring (bicyclic) bond motifs is 7. The number of ether oxygens (including phenoxy) is 2. The lowest BCUT2D eigenvalue weighted by Crippen LogP contribution is -2.44. The number of halogens is 4. The van der Waals surface area contributed by atoms with Gasteiger partial charge in [-0.15, -0.1) is 0 Å². The first-order chi connectivity index (χ1) is 34.1. The number of nitrogens with two attached hydrogens (primary N) is 1. The maximum absolute atomic E-state index is 14.4. The van der Waals surface area contributed by atoms with E-state index in [9.17, 15) is 47.8 Å². The van der Waals surface area contributed by atoms with Crippen molar-refractivity contribution < 1.29 is 47.6 Å². The minimum absolute atomic E-state index is 0. The predicted octanol–water partition coefficient (Wildman–Crippen LogP) is 9.35. The van der Waals surface area contributed by atoms with Gasteiger partial charge in [0.25, 0.3) is 11.1 Å². The topological polar surface area (TPSA) is 210 Å². The first-order valence-corrected chi connectivity index (χ1v) is 28.7. The van der Waals surface area contributed by atoms with Crippen LogP contribution in [0.4, 0.5) is 14.5 Å². The lowest BCUT2D eigenvalue weighted by atomic mass is 9.86. The molecule has 14 nitrogen and oxygen atoms in total. The van der Waals surface area contributed by atoms with E-state index in [-0.39, 0.29) is 102 Å². The van der Waals surface area contributed by atoms with Gasteiger partial charge in [-0.2, -0.15) is 0 Å². The Morgan fingerprint density at radius 1 is 0.847 bits per heavy atom. The lowest BCUT2D eigenvalue weighted by molar-refractivity contribution is -0.172. The van der Waals surface area contributed by atoms with Crippen molar-refractivity contribution in [1.29, 1.82) is 1.28 Å². The Labute approximate surface area is 442 Å². The number of cyclic esters (lactones) is 2. The number of unbranched alkanes of at least 4 members (excludes halogenated alkanes) is 2. The lowest BCUT2D eigenvalue weighted by Gasteiger charge is -2.31. The van der Waals surface area contributed by atoms with E-state index in [0.717, 1.165) is 59.3 Å². The molecule has 0 saturated carbocycles. The van der Waals surface area contributed by atoms with Gasteiger partial charge in [0.1, 0.15) is 24.8 Å². The Hall–Kier alpha value is -4.48. The molecule has 3 aromatic heterocycles. The van der Waals surface area contributed by atoms with Crippen LogP contribution < -0.4 is 16.9 Å². The highest BCUT2D eigenvalue weighted by Gasteiger charge is 2.47. The number of benzene rings is 2. The van der Waals surface area contributed by atoms with Crippen LogP contribution >= 0.6 is 47.8 Å². The van der Waals surface area contributed by atoms with E-state index >= 15 is 0 Å². The second-order valence-electron chi connectivity index (χ2n) is 17.5. The number of esters is 2. The molecule has 0 bridgehead atoms. The third kappa shape index (κ3) is 11.4. The zero-order valence-corrected chi connectivity index (χ0v) is 45.6. The SMILES string of the molecule is C.CC[C@@]1(O)C(=O)OCc2c1cc1n(c2=O)CCC1=O.CC[C@@]1(O)C(=O)OCc2c1cc1n(c2=O)Cc2c-1nc1cc(F)c(C)cc1c2CCCCBr.Cc1cc(C(=O)CCCCBr)c(N)cc1F.[3H][P+](P)=S. The summed E-state index contributed by atoms with van der Waals surface area (Å²) in [6.45, 7) is 6.18. The maximum Gasteiger partial charge on any atom is 0.355 e. The van der Waals surface area contributed by atoms with Gasteiger partial charge in [0.15, 0.2) is 41.6 Å². The molecule has 7 heterocycles. The van der Waals surface area contributed by atoms with Crippen LogP contribution in [0, 0.1) is 25.5 Å². The quantitative estimate of drug-likeness (QED) is 0.0276. The molecule has 4 atom stereocenters. The average Bonchev–Trinajstić information content (AvgIpc) is 3.91. The fourth-order valence-corrected chi connectivity index (χ4v) is 9.91. The molecule has 5 aromatic rings. The number of carbonyl (C=O) groups is 4. The number of alkyl halides is 2. The summed E-state index contributed by atoms with van der Waals surface area (Å²) in [7, 11) is 2.20. The molecule has 386 valence electrons. The maximum atomic E-state index is 14.4. The van der Waals surface area contributed by atoms with Crippen LogP contribution in [0.3, 0.4) is 0 Å². The fourth-order valence-electron chi connectivity index (χ4n) is 9.12. The van der Waals surface area contributed by atoms with E-state index in [1.807, 2.05) is 6.07 Å². The Morgan fingerprint density at radius 3 is 1.94 bits per heavy atom. The van der Waals surface area contributed by atoms with Crippen molar-refractivity contribution in [3.8, 4) is 11.4 Å². The number of pyridine rings is 3. The number of rotatable bonds is 11. The molecule has 0 amide bonds. The molecule has 0 fully saturated rings. The largest absolute Gasteiger partial charge is 0.458 e. The molecule has 2 aromatic carbocycles. The van der Waals surface area contributed by atoms with Crippen LogP contribution in [-0.2, 0) is 74.8 Å². The molecule has 4 N–H and O–H groups in total. The van der Waals surface area contributed by atoms with Crippen LogP contribution in [0.1, 0.15) is 138 Å². The molecule has 21 heteroatoms. The van der Waals surface area contributed by atoms with Crippen molar-refractivity contribution in [3.63, 3.8) is 0 Å². The first-order valence-electron chi connectivity index (χ1n) is 23.4. The normalized spacial score (nSPS) is 18.1. The number of hydrogen-bond acceptors (Lipinski definition) is 13. The smallest absolute Gasteiger partial charge is 0.355 e. The zero-order valence-electron chi connectivity index (χ0n) is 40.6. The minimum atomic E-state index is -1.87. The highest BCUT2D eigenvalue weighted by Crippen LogP contribution is 2.41. The Morgan fingerprint density at radius 2 is 1.38 bits per heavy atom. The number of nitrogens with zero attached hydrogens (tertiary/aromatic N) is 3. The van der Waals surface area contributed by atoms with E-state index in [0.29, 0.717) is 58.7 Å². The summed E-state index contributed by atoms with van der Waals surface area (Å²) in [5, 5.41) is 24.1. The molecule has 0 saturated heterocycles. The fraction of sp³-hybridized carbons (Fsp3) is 0.431. The summed E-state index contributed by atoms with van der Waals surface area (Å²) in [6, 6.07) is 9.18. The van der Waals surface area contributed by atoms with Gasteiger partial charge < -0.3 is 34.6 Å². The Balaban J connectivity index is 0.000000210. The van der Waals surface area contributed by atoms with Gasteiger partial charge in [0.05, 0.1) is 49.2 Å². The van der Waals surface area contributed by atoms with Crippen LogP contribution in [-0.4, -0.2) is 59.8 Å². The average molecular weight is 1180 g/mol. The molecule has 72 heavy (non-hydrogen) atoms. The number of nitrogen functional groups attached to an aromatic ring is 1. The Kier molecular flexibility index (Phi) is 19.5. The molecular formula is C51H59Br2F2N4O10P2S+. The molecule has 9 rings (SSSR count). The van der Waals surface area contributed by atoms with E-state index < -0.39 is 30.1 Å². The summed E-state index contributed by atoms with van der Waals surface area (Å²) in [5.74, 6) is -2.37. The summed E-state index contributed by atoms with van der Waals surface area (Å²) < 4.78 is 47.0. The van der Waals surface area contributed by atoms with Gasteiger partial charge in [0.2, 0.25) is 0 Å². The minimum Gasteiger partial charge on any atom is -0.458 e. The van der Waals surface area contributed by atoms with Crippen LogP contribution in [0.2, 0.25) is 0 Å². The second kappa shape index (κ2) is 24.7. The summed E-state index contributed by atoms with van der Waals surface area (Å²) in [5.41, 5.74) is 7.98. The summed E-state index contributed by atoms with van der Waals surface area (Å²) in [4.78, 5) is 78.1.